The normalized spacial score (nSPS) is 33.3. The van der Waals surface area contributed by atoms with Crippen LogP contribution in [-0.2, 0) is 16.0 Å². The first kappa shape index (κ1) is 28.2. The quantitative estimate of drug-likeness (QED) is 0.349. The zero-order valence-corrected chi connectivity index (χ0v) is 25.0. The summed E-state index contributed by atoms with van der Waals surface area (Å²) in [5.41, 5.74) is 0.863. The molecule has 4 bridgehead atoms. The summed E-state index contributed by atoms with van der Waals surface area (Å²) in [4.78, 5) is 13.8. The summed E-state index contributed by atoms with van der Waals surface area (Å²) in [6.07, 6.45) is 7.18. The van der Waals surface area contributed by atoms with E-state index in [1.165, 1.54) is 19.3 Å². The SMILES string of the molecule is COc1ccc(C[C@H]2CO[C@H](c3ccc(OC)c(OC)c3)[C@H]2C(C)(C(=O)O)C23CC4CC(CC(C4)C2)C3)cc1OC. The third-order valence-corrected chi connectivity index (χ3v) is 11.3. The lowest BCUT2D eigenvalue weighted by Crippen LogP contribution is -2.60. The number of hydrogen-bond acceptors (Lipinski definition) is 6. The molecule has 7 nitrogen and oxygen atoms in total. The Morgan fingerprint density at radius 1 is 0.854 bits per heavy atom. The van der Waals surface area contributed by atoms with Crippen molar-refractivity contribution in [1.82, 2.24) is 0 Å². The molecule has 1 unspecified atom stereocenters. The van der Waals surface area contributed by atoms with E-state index in [-0.39, 0.29) is 23.4 Å². The molecule has 7 heteroatoms. The van der Waals surface area contributed by atoms with Crippen LogP contribution in [0.1, 0.15) is 62.7 Å². The Hall–Kier alpha value is -2.93. The minimum absolute atomic E-state index is 0.0142. The Bertz CT molecular complexity index is 1250. The van der Waals surface area contributed by atoms with Crippen molar-refractivity contribution >= 4 is 5.97 Å². The van der Waals surface area contributed by atoms with E-state index in [2.05, 4.69) is 13.0 Å². The molecule has 2 aromatic carbocycles. The van der Waals surface area contributed by atoms with Crippen LogP contribution >= 0.6 is 0 Å². The van der Waals surface area contributed by atoms with Gasteiger partial charge >= 0.3 is 5.97 Å². The van der Waals surface area contributed by atoms with Gasteiger partial charge in [0.2, 0.25) is 0 Å². The Morgan fingerprint density at radius 2 is 1.39 bits per heavy atom. The van der Waals surface area contributed by atoms with Crippen molar-refractivity contribution in [2.24, 2.45) is 40.4 Å². The fourth-order valence-corrected chi connectivity index (χ4v) is 9.76. The predicted molar refractivity (Wildman–Crippen MR) is 155 cm³/mol. The van der Waals surface area contributed by atoms with Gasteiger partial charge in [-0.2, -0.15) is 0 Å². The highest BCUT2D eigenvalue weighted by Gasteiger charge is 2.67. The number of hydrogen-bond donors (Lipinski definition) is 1. The average molecular weight is 565 g/mol. The van der Waals surface area contributed by atoms with Crippen LogP contribution in [-0.4, -0.2) is 46.1 Å². The molecular formula is C34H44O7. The zero-order chi connectivity index (χ0) is 28.9. The van der Waals surface area contributed by atoms with Crippen molar-refractivity contribution < 1.29 is 33.6 Å². The van der Waals surface area contributed by atoms with Crippen molar-refractivity contribution in [2.45, 2.75) is 58.0 Å². The number of carboxylic acids is 1. The van der Waals surface area contributed by atoms with E-state index in [0.717, 1.165) is 30.4 Å². The first-order valence-electron chi connectivity index (χ1n) is 15.0. The van der Waals surface area contributed by atoms with Gasteiger partial charge in [-0.1, -0.05) is 12.1 Å². The molecular weight excluding hydrogens is 520 g/mol. The van der Waals surface area contributed by atoms with Crippen molar-refractivity contribution in [3.63, 3.8) is 0 Å². The molecule has 5 fully saturated rings. The second-order valence-corrected chi connectivity index (χ2v) is 13.3. The molecule has 1 heterocycles. The van der Waals surface area contributed by atoms with Crippen molar-refractivity contribution in [3.8, 4) is 23.0 Å². The molecule has 0 radical (unpaired) electrons. The highest BCUT2D eigenvalue weighted by molar-refractivity contribution is 5.76. The van der Waals surface area contributed by atoms with Gasteiger partial charge < -0.3 is 28.8 Å². The van der Waals surface area contributed by atoms with E-state index in [1.54, 1.807) is 28.4 Å². The topological polar surface area (TPSA) is 83.5 Å². The highest BCUT2D eigenvalue weighted by Crippen LogP contribution is 2.70. The fraction of sp³-hybridized carbons (Fsp3) is 0.618. The van der Waals surface area contributed by atoms with Crippen LogP contribution in [0.2, 0.25) is 0 Å². The van der Waals surface area contributed by atoms with Gasteiger partial charge in [0.25, 0.3) is 0 Å². The number of rotatable bonds is 10. The number of aliphatic carboxylic acids is 1. The molecule has 0 aromatic heterocycles. The largest absolute Gasteiger partial charge is 0.493 e. The molecule has 41 heavy (non-hydrogen) atoms. The van der Waals surface area contributed by atoms with Gasteiger partial charge in [0, 0.05) is 5.92 Å². The maximum Gasteiger partial charge on any atom is 0.310 e. The van der Waals surface area contributed by atoms with Crippen LogP contribution in [0.25, 0.3) is 0 Å². The fourth-order valence-electron chi connectivity index (χ4n) is 9.76. The van der Waals surface area contributed by atoms with Crippen molar-refractivity contribution in [3.05, 3.63) is 47.5 Å². The third kappa shape index (κ3) is 4.55. The maximum atomic E-state index is 13.8. The smallest absolute Gasteiger partial charge is 0.310 e. The van der Waals surface area contributed by atoms with E-state index in [0.29, 0.717) is 53.8 Å². The van der Waals surface area contributed by atoms with Crippen molar-refractivity contribution in [2.75, 3.05) is 35.0 Å². The summed E-state index contributed by atoms with van der Waals surface area (Å²) in [5, 5.41) is 11.3. The van der Waals surface area contributed by atoms with Gasteiger partial charge in [-0.3, -0.25) is 4.79 Å². The predicted octanol–water partition coefficient (Wildman–Crippen LogP) is 6.57. The molecule has 7 rings (SSSR count). The lowest BCUT2D eigenvalue weighted by atomic mass is 9.40. The van der Waals surface area contributed by atoms with Crippen LogP contribution < -0.4 is 18.9 Å². The first-order chi connectivity index (χ1) is 19.7. The highest BCUT2D eigenvalue weighted by atomic mass is 16.5. The molecule has 1 aliphatic heterocycles. The summed E-state index contributed by atoms with van der Waals surface area (Å²) in [5.74, 6) is 3.68. The molecule has 1 N–H and O–H groups in total. The van der Waals surface area contributed by atoms with E-state index in [1.807, 2.05) is 30.3 Å². The summed E-state index contributed by atoms with van der Waals surface area (Å²) in [6.45, 7) is 2.56. The van der Waals surface area contributed by atoms with E-state index in [4.69, 9.17) is 23.7 Å². The molecule has 0 spiro atoms. The lowest BCUT2D eigenvalue weighted by Gasteiger charge is -2.63. The Balaban J connectivity index is 1.44. The standard InChI is InChI=1S/C34H44O7/c1-33(32(35)36,34-16-21-10-22(17-34)12-23(11-21)18-34)30-25(13-20-6-8-26(37-2)28(14-20)39-4)19-41-31(30)24-7-9-27(38-3)29(15-24)40-5/h6-9,14-15,21-23,25,30-31H,10-13,16-19H2,1-5H3,(H,35,36)/t21?,22?,23?,25-,30-,31+,33?,34?/m0/s1. The van der Waals surface area contributed by atoms with Gasteiger partial charge in [-0.25, -0.2) is 0 Å². The van der Waals surface area contributed by atoms with E-state index in [9.17, 15) is 9.90 Å². The van der Waals surface area contributed by atoms with Crippen LogP contribution in [0.5, 0.6) is 23.0 Å². The Kier molecular flexibility index (Phi) is 7.37. The van der Waals surface area contributed by atoms with E-state index >= 15 is 0 Å². The number of carbonyl (C=O) groups is 1. The summed E-state index contributed by atoms with van der Waals surface area (Å²) < 4.78 is 28.9. The Labute approximate surface area is 243 Å². The summed E-state index contributed by atoms with van der Waals surface area (Å²) in [6, 6.07) is 11.9. The molecule has 1 saturated heterocycles. The van der Waals surface area contributed by atoms with Gasteiger partial charge in [-0.15, -0.1) is 0 Å². The third-order valence-electron chi connectivity index (χ3n) is 11.3. The molecule has 4 aliphatic carbocycles. The molecule has 4 atom stereocenters. The lowest BCUT2D eigenvalue weighted by molar-refractivity contribution is -0.193. The molecule has 2 aromatic rings. The molecule has 4 saturated carbocycles. The van der Waals surface area contributed by atoms with Crippen LogP contribution in [0, 0.1) is 40.4 Å². The monoisotopic (exact) mass is 564 g/mol. The van der Waals surface area contributed by atoms with Gasteiger partial charge in [0.05, 0.1) is 46.6 Å². The van der Waals surface area contributed by atoms with Crippen LogP contribution in [0.15, 0.2) is 36.4 Å². The average Bonchev–Trinajstić information content (AvgIpc) is 3.38. The van der Waals surface area contributed by atoms with Gasteiger partial charge in [-0.05, 0) is 116 Å². The molecule has 222 valence electrons. The summed E-state index contributed by atoms with van der Waals surface area (Å²) in [7, 11) is 6.53. The molecule has 0 amide bonds. The summed E-state index contributed by atoms with van der Waals surface area (Å²) >= 11 is 0. The second-order valence-electron chi connectivity index (χ2n) is 13.3. The van der Waals surface area contributed by atoms with Crippen LogP contribution in [0.4, 0.5) is 0 Å². The van der Waals surface area contributed by atoms with E-state index < -0.39 is 11.4 Å². The minimum atomic E-state index is -0.946. The van der Waals surface area contributed by atoms with Crippen LogP contribution in [0.3, 0.4) is 0 Å². The number of ether oxygens (including phenoxy) is 5. The Morgan fingerprint density at radius 3 is 1.93 bits per heavy atom. The van der Waals surface area contributed by atoms with Gasteiger partial charge in [0.15, 0.2) is 23.0 Å². The second kappa shape index (κ2) is 10.7. The van der Waals surface area contributed by atoms with Gasteiger partial charge in [0.1, 0.15) is 0 Å². The number of carboxylic acid groups (broad SMARTS) is 1. The maximum absolute atomic E-state index is 13.8. The van der Waals surface area contributed by atoms with Crippen molar-refractivity contribution in [1.29, 1.82) is 0 Å². The molecule has 5 aliphatic rings. The zero-order valence-electron chi connectivity index (χ0n) is 25.0. The minimum Gasteiger partial charge on any atom is -0.493 e. The number of benzene rings is 2. The first-order valence-corrected chi connectivity index (χ1v) is 15.0. The number of methoxy groups -OCH3 is 4.